The van der Waals surface area contributed by atoms with Crippen molar-refractivity contribution >= 4 is 17.7 Å². The third-order valence-electron chi connectivity index (χ3n) is 4.30. The zero-order valence-electron chi connectivity index (χ0n) is 16.8. The van der Waals surface area contributed by atoms with Crippen molar-refractivity contribution in [3.8, 4) is 0 Å². The number of rotatable bonds is 11. The lowest BCUT2D eigenvalue weighted by Crippen LogP contribution is -2.47. The Morgan fingerprint density at radius 2 is 1.63 bits per heavy atom. The number of ketones is 1. The van der Waals surface area contributed by atoms with Gasteiger partial charge in [-0.3, -0.25) is 9.59 Å². The molecule has 1 unspecified atom stereocenters. The molecular formula is C21H31NO5. The van der Waals surface area contributed by atoms with Gasteiger partial charge in [-0.25, -0.2) is 4.79 Å². The monoisotopic (exact) mass is 377 g/mol. The number of ether oxygens (including phenoxy) is 1. The van der Waals surface area contributed by atoms with E-state index in [1.807, 2.05) is 58.0 Å². The first-order chi connectivity index (χ1) is 12.6. The first kappa shape index (κ1) is 22.8. The number of amides is 1. The molecule has 0 aliphatic heterocycles. The lowest BCUT2D eigenvalue weighted by atomic mass is 9.93. The van der Waals surface area contributed by atoms with Gasteiger partial charge in [0.15, 0.2) is 5.78 Å². The minimum atomic E-state index is -1.10. The maximum Gasteiger partial charge on any atom is 0.326 e. The summed E-state index contributed by atoms with van der Waals surface area (Å²) in [5, 5.41) is 11.8. The predicted octanol–water partition coefficient (Wildman–Crippen LogP) is 3.05. The zero-order chi connectivity index (χ0) is 20.6. The van der Waals surface area contributed by atoms with Crippen molar-refractivity contribution in [1.82, 2.24) is 5.32 Å². The molecule has 1 amide bonds. The van der Waals surface area contributed by atoms with Gasteiger partial charge in [0.05, 0.1) is 12.5 Å². The average Bonchev–Trinajstić information content (AvgIpc) is 2.60. The standard InChI is InChI=1S/C21H31NO5/c1-13(2)11-17(21(25)26)22-20(24)15(5)18(23)19(14(3)4)27-12-16-9-7-6-8-10-16/h6-10,13-15,17,19H,11-12H2,1-5H3,(H,22,24)(H,25,26)/t15?,17-,19-/m0/s1. The van der Waals surface area contributed by atoms with E-state index in [1.165, 1.54) is 6.92 Å². The van der Waals surface area contributed by atoms with Crippen molar-refractivity contribution < 1.29 is 24.2 Å². The van der Waals surface area contributed by atoms with Crippen LogP contribution in [0.4, 0.5) is 0 Å². The molecule has 0 saturated carbocycles. The molecule has 6 nitrogen and oxygen atoms in total. The van der Waals surface area contributed by atoms with Crippen LogP contribution in [0.25, 0.3) is 0 Å². The van der Waals surface area contributed by atoms with E-state index in [4.69, 9.17) is 4.74 Å². The van der Waals surface area contributed by atoms with Crippen LogP contribution in [0, 0.1) is 17.8 Å². The Bertz CT molecular complexity index is 627. The quantitative estimate of drug-likeness (QED) is 0.578. The smallest absolute Gasteiger partial charge is 0.326 e. The van der Waals surface area contributed by atoms with Gasteiger partial charge in [-0.05, 0) is 30.7 Å². The van der Waals surface area contributed by atoms with E-state index in [0.29, 0.717) is 6.42 Å². The number of hydrogen-bond acceptors (Lipinski definition) is 4. The van der Waals surface area contributed by atoms with E-state index in [2.05, 4.69) is 5.32 Å². The van der Waals surface area contributed by atoms with Gasteiger partial charge in [-0.1, -0.05) is 58.0 Å². The van der Waals surface area contributed by atoms with Gasteiger partial charge in [0.25, 0.3) is 0 Å². The SMILES string of the molecule is CC(C)C[C@H](NC(=O)C(C)C(=O)[C@@H](OCc1ccccc1)C(C)C)C(=O)O. The number of aliphatic carboxylic acids is 1. The summed E-state index contributed by atoms with van der Waals surface area (Å²) in [6.45, 7) is 9.24. The third-order valence-corrected chi connectivity index (χ3v) is 4.30. The highest BCUT2D eigenvalue weighted by molar-refractivity contribution is 6.04. The minimum Gasteiger partial charge on any atom is -0.480 e. The highest BCUT2D eigenvalue weighted by Gasteiger charge is 2.33. The Labute approximate surface area is 161 Å². The number of nitrogens with one attached hydrogen (secondary N) is 1. The number of carboxylic acid groups (broad SMARTS) is 1. The predicted molar refractivity (Wildman–Crippen MR) is 103 cm³/mol. The van der Waals surface area contributed by atoms with Crippen LogP contribution >= 0.6 is 0 Å². The van der Waals surface area contributed by atoms with Crippen LogP contribution in [0.1, 0.15) is 46.6 Å². The molecule has 6 heteroatoms. The van der Waals surface area contributed by atoms with Crippen LogP contribution < -0.4 is 5.32 Å². The van der Waals surface area contributed by atoms with Crippen LogP contribution in [-0.2, 0) is 25.7 Å². The van der Waals surface area contributed by atoms with Crippen LogP contribution in [0.2, 0.25) is 0 Å². The molecule has 0 aliphatic carbocycles. The molecule has 0 radical (unpaired) electrons. The summed E-state index contributed by atoms with van der Waals surface area (Å²) in [5.41, 5.74) is 0.941. The number of carboxylic acids is 1. The van der Waals surface area contributed by atoms with Gasteiger partial charge in [-0.2, -0.15) is 0 Å². The summed E-state index contributed by atoms with van der Waals surface area (Å²) in [5.74, 6) is -3.01. The summed E-state index contributed by atoms with van der Waals surface area (Å²) in [6.07, 6.45) is -0.431. The summed E-state index contributed by atoms with van der Waals surface area (Å²) in [4.78, 5) is 36.6. The second kappa shape index (κ2) is 10.8. The Morgan fingerprint density at radius 3 is 2.11 bits per heavy atom. The maximum absolute atomic E-state index is 12.8. The molecule has 3 atom stereocenters. The Balaban J connectivity index is 2.75. The van der Waals surface area contributed by atoms with Crippen LogP contribution in [0.5, 0.6) is 0 Å². The molecule has 0 fully saturated rings. The molecule has 1 aromatic rings. The molecule has 0 aromatic heterocycles. The fourth-order valence-corrected chi connectivity index (χ4v) is 2.73. The van der Waals surface area contributed by atoms with E-state index < -0.39 is 29.9 Å². The zero-order valence-corrected chi connectivity index (χ0v) is 16.8. The van der Waals surface area contributed by atoms with Crippen molar-refractivity contribution in [2.75, 3.05) is 0 Å². The normalized spacial score (nSPS) is 14.6. The number of carbonyl (C=O) groups is 3. The maximum atomic E-state index is 12.8. The molecule has 0 bridgehead atoms. The van der Waals surface area contributed by atoms with Crippen LogP contribution in [0.15, 0.2) is 30.3 Å². The molecular weight excluding hydrogens is 346 g/mol. The van der Waals surface area contributed by atoms with E-state index in [0.717, 1.165) is 5.56 Å². The van der Waals surface area contributed by atoms with E-state index in [-0.39, 0.29) is 24.2 Å². The fraction of sp³-hybridized carbons (Fsp3) is 0.571. The van der Waals surface area contributed by atoms with E-state index >= 15 is 0 Å². The van der Waals surface area contributed by atoms with Gasteiger partial charge in [0, 0.05) is 0 Å². The molecule has 0 saturated heterocycles. The summed E-state index contributed by atoms with van der Waals surface area (Å²) in [7, 11) is 0. The van der Waals surface area contributed by atoms with Crippen molar-refractivity contribution in [3.63, 3.8) is 0 Å². The molecule has 1 aromatic carbocycles. The van der Waals surface area contributed by atoms with Crippen molar-refractivity contribution in [3.05, 3.63) is 35.9 Å². The molecule has 0 spiro atoms. The average molecular weight is 377 g/mol. The van der Waals surface area contributed by atoms with Crippen molar-refractivity contribution in [2.45, 2.75) is 59.8 Å². The van der Waals surface area contributed by atoms with Crippen LogP contribution in [0.3, 0.4) is 0 Å². The first-order valence-electron chi connectivity index (χ1n) is 9.35. The van der Waals surface area contributed by atoms with Crippen LogP contribution in [-0.4, -0.2) is 34.9 Å². The molecule has 1 rings (SSSR count). The second-order valence-electron chi connectivity index (χ2n) is 7.61. The number of hydrogen-bond donors (Lipinski definition) is 2. The van der Waals surface area contributed by atoms with Gasteiger partial charge >= 0.3 is 5.97 Å². The van der Waals surface area contributed by atoms with Gasteiger partial charge in [0.1, 0.15) is 12.1 Å². The second-order valence-corrected chi connectivity index (χ2v) is 7.61. The highest BCUT2D eigenvalue weighted by atomic mass is 16.5. The first-order valence-corrected chi connectivity index (χ1v) is 9.35. The topological polar surface area (TPSA) is 92.7 Å². The lowest BCUT2D eigenvalue weighted by molar-refractivity contribution is -0.147. The number of Topliss-reactive ketones (excluding diaryl/α,β-unsaturated/α-hetero) is 1. The molecule has 150 valence electrons. The number of benzene rings is 1. The molecule has 0 aliphatic rings. The van der Waals surface area contributed by atoms with E-state index in [9.17, 15) is 19.5 Å². The Morgan fingerprint density at radius 1 is 1.04 bits per heavy atom. The number of carbonyl (C=O) groups excluding carboxylic acids is 2. The molecule has 27 heavy (non-hydrogen) atoms. The minimum absolute atomic E-state index is 0.107. The Kier molecular flexibility index (Phi) is 9.15. The Hall–Kier alpha value is -2.21. The van der Waals surface area contributed by atoms with Crippen molar-refractivity contribution in [1.29, 1.82) is 0 Å². The van der Waals surface area contributed by atoms with E-state index in [1.54, 1.807) is 0 Å². The largest absolute Gasteiger partial charge is 0.480 e. The third kappa shape index (κ3) is 7.51. The van der Waals surface area contributed by atoms with Gasteiger partial charge in [0.2, 0.25) is 5.91 Å². The molecule has 0 heterocycles. The highest BCUT2D eigenvalue weighted by Crippen LogP contribution is 2.16. The van der Waals surface area contributed by atoms with Gasteiger partial charge < -0.3 is 15.2 Å². The summed E-state index contributed by atoms with van der Waals surface area (Å²) < 4.78 is 5.79. The van der Waals surface area contributed by atoms with Crippen molar-refractivity contribution in [2.24, 2.45) is 17.8 Å². The summed E-state index contributed by atoms with van der Waals surface area (Å²) >= 11 is 0. The molecule has 2 N–H and O–H groups in total. The lowest BCUT2D eigenvalue weighted by Gasteiger charge is -2.24. The van der Waals surface area contributed by atoms with Gasteiger partial charge in [-0.15, -0.1) is 0 Å². The summed E-state index contributed by atoms with van der Waals surface area (Å²) in [6, 6.07) is 8.49. The fourth-order valence-electron chi connectivity index (χ4n) is 2.73.